The Morgan fingerprint density at radius 3 is 2.95 bits per heavy atom. The van der Waals surface area contributed by atoms with Gasteiger partial charge >= 0.3 is 0 Å². The molecule has 3 aromatic rings. The number of thiazole rings is 1. The summed E-state index contributed by atoms with van der Waals surface area (Å²) in [4.78, 5) is 5.56. The zero-order chi connectivity index (χ0) is 14.3. The van der Waals surface area contributed by atoms with Crippen molar-refractivity contribution in [1.82, 2.24) is 9.38 Å². The Morgan fingerprint density at radius 2 is 2.20 bits per heavy atom. The minimum Gasteiger partial charge on any atom is -0.379 e. The normalized spacial score (nSPS) is 11.2. The van der Waals surface area contributed by atoms with Crippen LogP contribution in [-0.4, -0.2) is 9.38 Å². The summed E-state index contributed by atoms with van der Waals surface area (Å²) in [5.74, 6) is -0.257. The molecule has 0 atom stereocenters. The summed E-state index contributed by atoms with van der Waals surface area (Å²) in [6, 6.07) is 4.92. The van der Waals surface area contributed by atoms with Gasteiger partial charge in [0.05, 0.1) is 22.4 Å². The van der Waals surface area contributed by atoms with Gasteiger partial charge in [0.2, 0.25) is 0 Å². The highest BCUT2D eigenvalue weighted by molar-refractivity contribution is 9.10. The second-order valence-electron chi connectivity index (χ2n) is 4.62. The van der Waals surface area contributed by atoms with Crippen LogP contribution >= 0.6 is 27.3 Å². The smallest absolute Gasteiger partial charge is 0.194 e. The second kappa shape index (κ2) is 5.18. The van der Waals surface area contributed by atoms with Crippen LogP contribution < -0.4 is 5.32 Å². The Morgan fingerprint density at radius 1 is 1.40 bits per heavy atom. The van der Waals surface area contributed by atoms with E-state index in [0.29, 0.717) is 11.0 Å². The van der Waals surface area contributed by atoms with Crippen molar-refractivity contribution in [2.24, 2.45) is 0 Å². The molecule has 0 aliphatic heterocycles. The molecule has 0 radical (unpaired) electrons. The molecule has 3 nitrogen and oxygen atoms in total. The summed E-state index contributed by atoms with van der Waals surface area (Å²) in [5.41, 5.74) is 4.22. The van der Waals surface area contributed by atoms with Crippen molar-refractivity contribution in [3.63, 3.8) is 0 Å². The number of rotatable bonds is 3. The van der Waals surface area contributed by atoms with Crippen LogP contribution in [0.5, 0.6) is 0 Å². The van der Waals surface area contributed by atoms with E-state index in [0.717, 1.165) is 22.0 Å². The summed E-state index contributed by atoms with van der Waals surface area (Å²) in [7, 11) is 0. The molecule has 2 aromatic heterocycles. The summed E-state index contributed by atoms with van der Waals surface area (Å²) < 4.78 is 15.8. The van der Waals surface area contributed by atoms with Crippen LogP contribution in [0, 0.1) is 19.7 Å². The van der Waals surface area contributed by atoms with Crippen LogP contribution in [0.2, 0.25) is 0 Å². The summed E-state index contributed by atoms with van der Waals surface area (Å²) >= 11 is 4.84. The number of imidazole rings is 1. The van der Waals surface area contributed by atoms with Gasteiger partial charge in [-0.05, 0) is 48.0 Å². The molecule has 0 bridgehead atoms. The van der Waals surface area contributed by atoms with Gasteiger partial charge in [-0.3, -0.25) is 4.40 Å². The fraction of sp³-hybridized carbons (Fsp3) is 0.214. The zero-order valence-corrected chi connectivity index (χ0v) is 13.5. The van der Waals surface area contributed by atoms with E-state index < -0.39 is 0 Å². The predicted octanol–water partition coefficient (Wildman–Crippen LogP) is 4.53. The number of fused-ring (bicyclic) bond motifs is 1. The van der Waals surface area contributed by atoms with E-state index in [1.165, 1.54) is 11.8 Å². The van der Waals surface area contributed by atoms with Gasteiger partial charge in [0.1, 0.15) is 5.82 Å². The highest BCUT2D eigenvalue weighted by Crippen LogP contribution is 2.23. The Hall–Kier alpha value is -1.40. The number of hydrogen-bond acceptors (Lipinski definition) is 3. The van der Waals surface area contributed by atoms with E-state index >= 15 is 0 Å². The molecule has 0 spiro atoms. The van der Waals surface area contributed by atoms with Crippen LogP contribution in [0.4, 0.5) is 10.1 Å². The van der Waals surface area contributed by atoms with Crippen LogP contribution in [-0.2, 0) is 6.54 Å². The van der Waals surface area contributed by atoms with Crippen molar-refractivity contribution in [3.05, 3.63) is 51.0 Å². The molecule has 0 fully saturated rings. The largest absolute Gasteiger partial charge is 0.379 e. The lowest BCUT2D eigenvalue weighted by Crippen LogP contribution is -2.04. The average molecular weight is 354 g/mol. The molecule has 2 heterocycles. The first-order chi connectivity index (χ1) is 9.56. The predicted molar refractivity (Wildman–Crippen MR) is 84.0 cm³/mol. The van der Waals surface area contributed by atoms with Gasteiger partial charge in [-0.15, -0.1) is 11.3 Å². The molecule has 0 unspecified atom stereocenters. The fourth-order valence-electron chi connectivity index (χ4n) is 2.17. The molecule has 0 saturated carbocycles. The third-order valence-electron chi connectivity index (χ3n) is 3.21. The van der Waals surface area contributed by atoms with Crippen molar-refractivity contribution in [1.29, 1.82) is 0 Å². The molecular formula is C14H13BrFN3S. The fourth-order valence-corrected chi connectivity index (χ4v) is 3.48. The van der Waals surface area contributed by atoms with Crippen molar-refractivity contribution < 1.29 is 4.39 Å². The molecule has 1 N–H and O–H groups in total. The quantitative estimate of drug-likeness (QED) is 0.749. The molecule has 0 amide bonds. The van der Waals surface area contributed by atoms with Crippen molar-refractivity contribution in [2.75, 3.05) is 5.32 Å². The standard InChI is InChI=1S/C14H13BrFN3S/c1-8-7-20-14-18-9(2)13(19(8)14)6-17-10-3-4-12(16)11(15)5-10/h3-5,7,17H,6H2,1-2H3. The second-order valence-corrected chi connectivity index (χ2v) is 6.31. The van der Waals surface area contributed by atoms with Crippen LogP contribution in [0.15, 0.2) is 28.1 Å². The molecule has 3 rings (SSSR count). The maximum atomic E-state index is 13.2. The van der Waals surface area contributed by atoms with Gasteiger partial charge in [-0.2, -0.15) is 0 Å². The van der Waals surface area contributed by atoms with Crippen molar-refractivity contribution >= 4 is 37.9 Å². The lowest BCUT2D eigenvalue weighted by atomic mass is 10.3. The van der Waals surface area contributed by atoms with Gasteiger partial charge in [0.15, 0.2) is 4.96 Å². The van der Waals surface area contributed by atoms with Gasteiger partial charge in [-0.25, -0.2) is 9.37 Å². The SMILES string of the molecule is Cc1nc2scc(C)n2c1CNc1ccc(F)c(Br)c1. The molecular weight excluding hydrogens is 341 g/mol. The number of benzene rings is 1. The first-order valence-electron chi connectivity index (χ1n) is 6.17. The Kier molecular flexibility index (Phi) is 3.52. The third-order valence-corrected chi connectivity index (χ3v) is 4.76. The highest BCUT2D eigenvalue weighted by Gasteiger charge is 2.12. The van der Waals surface area contributed by atoms with Crippen LogP contribution in [0.1, 0.15) is 17.1 Å². The monoisotopic (exact) mass is 353 g/mol. The maximum absolute atomic E-state index is 13.2. The topological polar surface area (TPSA) is 29.3 Å². The maximum Gasteiger partial charge on any atom is 0.194 e. The van der Waals surface area contributed by atoms with Gasteiger partial charge in [0.25, 0.3) is 0 Å². The molecule has 0 saturated heterocycles. The lowest BCUT2D eigenvalue weighted by molar-refractivity contribution is 0.621. The third kappa shape index (κ3) is 2.33. The number of hydrogen-bond donors (Lipinski definition) is 1. The number of anilines is 1. The van der Waals surface area contributed by atoms with Crippen molar-refractivity contribution in [2.45, 2.75) is 20.4 Å². The number of nitrogens with one attached hydrogen (secondary N) is 1. The van der Waals surface area contributed by atoms with Gasteiger partial charge in [0, 0.05) is 16.8 Å². The zero-order valence-electron chi connectivity index (χ0n) is 11.1. The highest BCUT2D eigenvalue weighted by atomic mass is 79.9. The molecule has 1 aromatic carbocycles. The van der Waals surface area contributed by atoms with E-state index in [4.69, 9.17) is 0 Å². The Bertz CT molecular complexity index is 778. The lowest BCUT2D eigenvalue weighted by Gasteiger charge is -2.08. The first-order valence-corrected chi connectivity index (χ1v) is 7.84. The van der Waals surface area contributed by atoms with E-state index in [2.05, 4.69) is 42.9 Å². The molecule has 20 heavy (non-hydrogen) atoms. The summed E-state index contributed by atoms with van der Waals surface area (Å²) in [6.45, 7) is 4.74. The molecule has 0 aliphatic carbocycles. The number of halogens is 2. The molecule has 0 aliphatic rings. The van der Waals surface area contributed by atoms with E-state index in [-0.39, 0.29) is 5.82 Å². The number of aromatic nitrogens is 2. The summed E-state index contributed by atoms with van der Waals surface area (Å²) in [6.07, 6.45) is 0. The van der Waals surface area contributed by atoms with Gasteiger partial charge < -0.3 is 5.32 Å². The summed E-state index contributed by atoms with van der Waals surface area (Å²) in [5, 5.41) is 5.41. The van der Waals surface area contributed by atoms with Crippen LogP contribution in [0.3, 0.4) is 0 Å². The minimum absolute atomic E-state index is 0.257. The Balaban J connectivity index is 1.88. The van der Waals surface area contributed by atoms with Crippen molar-refractivity contribution in [3.8, 4) is 0 Å². The van der Waals surface area contributed by atoms with E-state index in [9.17, 15) is 4.39 Å². The number of aryl methyl sites for hydroxylation is 2. The van der Waals surface area contributed by atoms with E-state index in [1.54, 1.807) is 23.5 Å². The minimum atomic E-state index is -0.257. The number of nitrogens with zero attached hydrogens (tertiary/aromatic N) is 2. The molecule has 104 valence electrons. The first kappa shape index (κ1) is 13.6. The van der Waals surface area contributed by atoms with Crippen LogP contribution in [0.25, 0.3) is 4.96 Å². The Labute approximate surface area is 128 Å². The molecule has 6 heteroatoms. The average Bonchev–Trinajstić information content (AvgIpc) is 2.91. The van der Waals surface area contributed by atoms with Gasteiger partial charge in [-0.1, -0.05) is 0 Å². The van der Waals surface area contributed by atoms with E-state index in [1.807, 2.05) is 6.92 Å².